The lowest BCUT2D eigenvalue weighted by Gasteiger charge is -2.22. The van der Waals surface area contributed by atoms with Gasteiger partial charge in [0, 0.05) is 24.4 Å². The van der Waals surface area contributed by atoms with Crippen LogP contribution in [-0.2, 0) is 9.53 Å². The van der Waals surface area contributed by atoms with E-state index < -0.39 is 0 Å². The minimum atomic E-state index is 0.153. The van der Waals surface area contributed by atoms with Gasteiger partial charge in [0.2, 0.25) is 5.91 Å². The molecule has 100 valence electrons. The highest BCUT2D eigenvalue weighted by molar-refractivity contribution is 9.09. The fourth-order valence-electron chi connectivity index (χ4n) is 2.06. The predicted molar refractivity (Wildman–Crippen MR) is 73.5 cm³/mol. The maximum atomic E-state index is 11.6. The molecular weight excluding hydrogens is 282 g/mol. The topological polar surface area (TPSA) is 38.3 Å². The van der Waals surface area contributed by atoms with Crippen molar-refractivity contribution in [2.75, 3.05) is 13.2 Å². The Kier molecular flexibility index (Phi) is 7.86. The summed E-state index contributed by atoms with van der Waals surface area (Å²) >= 11 is 3.55. The van der Waals surface area contributed by atoms with Gasteiger partial charge >= 0.3 is 0 Å². The van der Waals surface area contributed by atoms with Gasteiger partial charge in [0.25, 0.3) is 0 Å². The molecule has 1 saturated heterocycles. The van der Waals surface area contributed by atoms with Gasteiger partial charge in [0.05, 0.1) is 6.10 Å². The van der Waals surface area contributed by atoms with Crippen molar-refractivity contribution in [1.82, 2.24) is 5.32 Å². The summed E-state index contributed by atoms with van der Waals surface area (Å²) in [5, 5.41) is 2.97. The van der Waals surface area contributed by atoms with Gasteiger partial charge in [-0.05, 0) is 32.1 Å². The lowest BCUT2D eigenvalue weighted by molar-refractivity contribution is -0.122. The molecule has 4 heteroatoms. The summed E-state index contributed by atoms with van der Waals surface area (Å²) in [5.41, 5.74) is 0. The van der Waals surface area contributed by atoms with Crippen molar-refractivity contribution < 1.29 is 9.53 Å². The third-order valence-electron chi connectivity index (χ3n) is 3.09. The Labute approximate surface area is 113 Å². The molecule has 2 atom stereocenters. The predicted octanol–water partition coefficient (Wildman–Crippen LogP) is 3.02. The highest BCUT2D eigenvalue weighted by Gasteiger charge is 2.15. The summed E-state index contributed by atoms with van der Waals surface area (Å²) in [6, 6.07) is 0. The van der Waals surface area contributed by atoms with Gasteiger partial charge in [0.15, 0.2) is 0 Å². The van der Waals surface area contributed by atoms with Crippen LogP contribution in [0.2, 0.25) is 0 Å². The lowest BCUT2D eigenvalue weighted by Crippen LogP contribution is -2.30. The van der Waals surface area contributed by atoms with Crippen LogP contribution in [0.3, 0.4) is 0 Å². The number of carbonyl (C=O) groups is 1. The molecule has 1 aliphatic heterocycles. The Hall–Kier alpha value is -0.0900. The van der Waals surface area contributed by atoms with E-state index in [1.807, 2.05) is 0 Å². The summed E-state index contributed by atoms with van der Waals surface area (Å²) in [6.45, 7) is 3.75. The highest BCUT2D eigenvalue weighted by atomic mass is 79.9. The summed E-state index contributed by atoms with van der Waals surface area (Å²) in [4.78, 5) is 12.0. The molecule has 17 heavy (non-hydrogen) atoms. The zero-order valence-electron chi connectivity index (χ0n) is 10.7. The largest absolute Gasteiger partial charge is 0.378 e. The smallest absolute Gasteiger partial charge is 0.220 e. The minimum absolute atomic E-state index is 0.153. The van der Waals surface area contributed by atoms with Gasteiger partial charge in [-0.1, -0.05) is 29.3 Å². The number of ether oxygens (including phenoxy) is 1. The second-order valence-electron chi connectivity index (χ2n) is 4.72. The standard InChI is InChI=1S/C13H24BrNO2/c1-2-5-11(14)10-15-13(16)8-7-12-6-3-4-9-17-12/h11-12H,2-10H2,1H3,(H,15,16). The molecule has 0 saturated carbocycles. The fourth-order valence-corrected chi connectivity index (χ4v) is 2.68. The van der Waals surface area contributed by atoms with Crippen LogP contribution in [0, 0.1) is 0 Å². The van der Waals surface area contributed by atoms with Crippen LogP contribution in [-0.4, -0.2) is 30.0 Å². The number of alkyl halides is 1. The molecule has 0 aromatic rings. The van der Waals surface area contributed by atoms with Crippen molar-refractivity contribution in [3.63, 3.8) is 0 Å². The molecule has 3 nitrogen and oxygen atoms in total. The van der Waals surface area contributed by atoms with Gasteiger partial charge in [-0.25, -0.2) is 0 Å². The normalized spacial score (nSPS) is 22.1. The van der Waals surface area contributed by atoms with Crippen LogP contribution in [0.15, 0.2) is 0 Å². The summed E-state index contributed by atoms with van der Waals surface area (Å²) in [5.74, 6) is 0.153. The van der Waals surface area contributed by atoms with Gasteiger partial charge in [0.1, 0.15) is 0 Å². The van der Waals surface area contributed by atoms with Gasteiger partial charge < -0.3 is 10.1 Å². The first-order valence-electron chi connectivity index (χ1n) is 6.74. The molecule has 2 unspecified atom stereocenters. The van der Waals surface area contributed by atoms with Crippen molar-refractivity contribution in [2.24, 2.45) is 0 Å². The first-order valence-corrected chi connectivity index (χ1v) is 7.66. The lowest BCUT2D eigenvalue weighted by atomic mass is 10.0. The van der Waals surface area contributed by atoms with Crippen molar-refractivity contribution in [3.8, 4) is 0 Å². The van der Waals surface area contributed by atoms with Crippen LogP contribution < -0.4 is 5.32 Å². The van der Waals surface area contributed by atoms with E-state index in [9.17, 15) is 4.79 Å². The average molecular weight is 306 g/mol. The van der Waals surface area contributed by atoms with Crippen LogP contribution in [0.1, 0.15) is 51.9 Å². The fraction of sp³-hybridized carbons (Fsp3) is 0.923. The molecule has 0 aliphatic carbocycles. The van der Waals surface area contributed by atoms with Crippen molar-refractivity contribution in [1.29, 1.82) is 0 Å². The first kappa shape index (κ1) is 15.0. The second kappa shape index (κ2) is 8.92. The second-order valence-corrected chi connectivity index (χ2v) is 6.01. The third kappa shape index (κ3) is 7.04. The Morgan fingerprint density at radius 2 is 2.35 bits per heavy atom. The van der Waals surface area contributed by atoms with Gasteiger partial charge in [-0.3, -0.25) is 4.79 Å². The van der Waals surface area contributed by atoms with E-state index in [0.29, 0.717) is 17.4 Å². The maximum Gasteiger partial charge on any atom is 0.220 e. The highest BCUT2D eigenvalue weighted by Crippen LogP contribution is 2.16. The molecular formula is C13H24BrNO2. The summed E-state index contributed by atoms with van der Waals surface area (Å²) in [7, 11) is 0. The van der Waals surface area contributed by atoms with E-state index in [1.165, 1.54) is 12.8 Å². The Morgan fingerprint density at radius 3 is 3.00 bits per heavy atom. The van der Waals surface area contributed by atoms with Crippen molar-refractivity contribution in [3.05, 3.63) is 0 Å². The van der Waals surface area contributed by atoms with Crippen molar-refractivity contribution >= 4 is 21.8 Å². The third-order valence-corrected chi connectivity index (χ3v) is 3.87. The molecule has 0 radical (unpaired) electrons. The van der Waals surface area contributed by atoms with Crippen molar-refractivity contribution in [2.45, 2.75) is 62.8 Å². The number of carbonyl (C=O) groups excluding carboxylic acids is 1. The van der Waals surface area contributed by atoms with Gasteiger partial charge in [-0.2, -0.15) is 0 Å². The SMILES string of the molecule is CCCC(Br)CNC(=O)CCC1CCCCO1. The number of nitrogens with one attached hydrogen (secondary N) is 1. The zero-order valence-corrected chi connectivity index (χ0v) is 12.3. The number of halogens is 1. The molecule has 0 spiro atoms. The molecule has 1 rings (SSSR count). The van der Waals surface area contributed by atoms with Crippen LogP contribution >= 0.6 is 15.9 Å². The molecule has 1 N–H and O–H groups in total. The molecule has 0 bridgehead atoms. The van der Waals surface area contributed by atoms with E-state index in [2.05, 4.69) is 28.2 Å². The quantitative estimate of drug-likeness (QED) is 0.734. The van der Waals surface area contributed by atoms with E-state index in [4.69, 9.17) is 4.74 Å². The summed E-state index contributed by atoms with van der Waals surface area (Å²) in [6.07, 6.45) is 7.54. The summed E-state index contributed by atoms with van der Waals surface area (Å²) < 4.78 is 5.60. The Balaban J connectivity index is 2.04. The molecule has 0 aromatic carbocycles. The van der Waals surface area contributed by atoms with E-state index >= 15 is 0 Å². The van der Waals surface area contributed by atoms with E-state index in [-0.39, 0.29) is 5.91 Å². The monoisotopic (exact) mass is 305 g/mol. The van der Waals surface area contributed by atoms with E-state index in [0.717, 1.165) is 38.8 Å². The van der Waals surface area contributed by atoms with Crippen LogP contribution in [0.4, 0.5) is 0 Å². The van der Waals surface area contributed by atoms with Crippen LogP contribution in [0.5, 0.6) is 0 Å². The molecule has 1 heterocycles. The minimum Gasteiger partial charge on any atom is -0.378 e. The number of hydrogen-bond donors (Lipinski definition) is 1. The molecule has 1 aliphatic rings. The average Bonchev–Trinajstić information content (AvgIpc) is 2.35. The van der Waals surface area contributed by atoms with Gasteiger partial charge in [-0.15, -0.1) is 0 Å². The zero-order chi connectivity index (χ0) is 12.5. The molecule has 1 amide bonds. The first-order chi connectivity index (χ1) is 8.22. The molecule has 0 aromatic heterocycles. The van der Waals surface area contributed by atoms with Crippen LogP contribution in [0.25, 0.3) is 0 Å². The Morgan fingerprint density at radius 1 is 1.53 bits per heavy atom. The Bertz CT molecular complexity index is 217. The van der Waals surface area contributed by atoms with E-state index in [1.54, 1.807) is 0 Å². The molecule has 1 fully saturated rings. The number of amides is 1. The number of rotatable bonds is 7. The maximum absolute atomic E-state index is 11.6. The number of hydrogen-bond acceptors (Lipinski definition) is 2.